The lowest BCUT2D eigenvalue weighted by atomic mass is 10.1. The summed E-state index contributed by atoms with van der Waals surface area (Å²) in [7, 11) is 0. The van der Waals surface area contributed by atoms with E-state index in [-0.39, 0.29) is 0 Å². The summed E-state index contributed by atoms with van der Waals surface area (Å²) in [6.07, 6.45) is 4.72. The minimum atomic E-state index is 0.475. The van der Waals surface area contributed by atoms with E-state index in [2.05, 4.69) is 58.2 Å². The predicted molar refractivity (Wildman–Crippen MR) is 104 cm³/mol. The number of aromatic nitrogens is 2. The molecule has 2 aromatic heterocycles. The number of nitrogens with zero attached hydrogens (tertiary/aromatic N) is 3. The fourth-order valence-electron chi connectivity index (χ4n) is 2.87. The highest BCUT2D eigenvalue weighted by atomic mass is 79.9. The molecule has 0 radical (unpaired) electrons. The molecule has 2 aliphatic heterocycles. The van der Waals surface area contributed by atoms with E-state index in [4.69, 9.17) is 0 Å². The lowest BCUT2D eigenvalue weighted by Gasteiger charge is -2.08. The van der Waals surface area contributed by atoms with E-state index in [1.54, 1.807) is 0 Å². The maximum Gasteiger partial charge on any atom is 0.106 e. The third kappa shape index (κ3) is 4.94. The molecule has 0 aromatic carbocycles. The Morgan fingerprint density at radius 1 is 0.958 bits per heavy atom. The first-order valence-electron chi connectivity index (χ1n) is 8.24. The van der Waals surface area contributed by atoms with Crippen LogP contribution >= 0.6 is 31.9 Å². The average molecular weight is 452 g/mol. The van der Waals surface area contributed by atoms with Crippen molar-refractivity contribution in [2.45, 2.75) is 31.7 Å². The summed E-state index contributed by atoms with van der Waals surface area (Å²) in [5, 5.41) is 3.42. The fourth-order valence-corrected chi connectivity index (χ4v) is 3.57. The van der Waals surface area contributed by atoms with Crippen LogP contribution < -0.4 is 5.32 Å². The largest absolute Gasteiger partial charge is 0.309 e. The molecule has 2 aromatic rings. The Bertz CT molecular complexity index is 712. The summed E-state index contributed by atoms with van der Waals surface area (Å²) in [5.74, 6) is 0. The number of halogens is 2. The summed E-state index contributed by atoms with van der Waals surface area (Å²) < 4.78 is 1.81. The fraction of sp³-hybridized carbons (Fsp3) is 0.389. The second kappa shape index (κ2) is 8.83. The van der Waals surface area contributed by atoms with Gasteiger partial charge < -0.3 is 5.32 Å². The molecular weight excluding hydrogens is 432 g/mol. The third-order valence-electron chi connectivity index (χ3n) is 4.04. The molecule has 0 saturated carbocycles. The van der Waals surface area contributed by atoms with Gasteiger partial charge in [-0.05, 0) is 88.4 Å². The van der Waals surface area contributed by atoms with Crippen molar-refractivity contribution in [1.82, 2.24) is 15.3 Å². The number of pyridine rings is 2. The van der Waals surface area contributed by atoms with E-state index in [0.29, 0.717) is 6.04 Å². The number of hydrogen-bond acceptors (Lipinski definition) is 4. The normalized spacial score (nSPS) is 19.6. The van der Waals surface area contributed by atoms with Gasteiger partial charge in [0.1, 0.15) is 9.21 Å². The Labute approximate surface area is 159 Å². The van der Waals surface area contributed by atoms with Crippen LogP contribution in [0.2, 0.25) is 0 Å². The number of hydrogen-bond donors (Lipinski definition) is 1. The summed E-state index contributed by atoms with van der Waals surface area (Å²) in [4.78, 5) is 13.1. The minimum absolute atomic E-state index is 0.475. The molecule has 1 N–H and O–H groups in total. The average Bonchev–Trinajstić information content (AvgIpc) is 3.29. The molecule has 6 heteroatoms. The maximum absolute atomic E-state index is 4.41. The second-order valence-corrected chi connectivity index (χ2v) is 7.44. The van der Waals surface area contributed by atoms with Gasteiger partial charge in [0, 0.05) is 12.6 Å². The van der Waals surface area contributed by atoms with Gasteiger partial charge in [-0.15, -0.1) is 0 Å². The summed E-state index contributed by atoms with van der Waals surface area (Å²) in [6.45, 7) is 2.09. The van der Waals surface area contributed by atoms with Gasteiger partial charge in [-0.2, -0.15) is 0 Å². The monoisotopic (exact) mass is 450 g/mol. The summed E-state index contributed by atoms with van der Waals surface area (Å²) in [6, 6.07) is 12.5. The summed E-state index contributed by atoms with van der Waals surface area (Å²) >= 11 is 6.71. The van der Waals surface area contributed by atoms with Crippen LogP contribution in [0.25, 0.3) is 0 Å². The molecule has 4 nitrogen and oxygen atoms in total. The zero-order valence-electron chi connectivity index (χ0n) is 13.4. The van der Waals surface area contributed by atoms with Crippen LogP contribution in [0, 0.1) is 0 Å². The molecule has 1 unspecified atom stereocenters. The quantitative estimate of drug-likeness (QED) is 0.673. The molecule has 24 heavy (non-hydrogen) atoms. The Kier molecular flexibility index (Phi) is 6.51. The van der Waals surface area contributed by atoms with Gasteiger partial charge in [0.25, 0.3) is 0 Å². The first-order chi connectivity index (χ1) is 11.7. The van der Waals surface area contributed by atoms with Gasteiger partial charge in [-0.3, -0.25) is 4.99 Å². The molecule has 0 spiro atoms. The van der Waals surface area contributed by atoms with Gasteiger partial charge >= 0.3 is 0 Å². The third-order valence-corrected chi connectivity index (χ3v) is 4.92. The van der Waals surface area contributed by atoms with Crippen LogP contribution in [-0.4, -0.2) is 28.8 Å². The molecule has 1 fully saturated rings. The van der Waals surface area contributed by atoms with Gasteiger partial charge in [0.2, 0.25) is 0 Å². The SMILES string of the molecule is Brc1cccc(C2=NCCC2)n1.Brc1cccc(C2CCCN2)n1. The molecule has 0 aliphatic carbocycles. The number of nitrogens with one attached hydrogen (secondary N) is 1. The number of rotatable bonds is 2. The molecule has 0 amide bonds. The Hall–Kier alpha value is -1.11. The molecule has 0 bridgehead atoms. The zero-order valence-corrected chi connectivity index (χ0v) is 16.6. The minimum Gasteiger partial charge on any atom is -0.309 e. The molecule has 1 atom stereocenters. The lowest BCUT2D eigenvalue weighted by molar-refractivity contribution is 0.626. The van der Waals surface area contributed by atoms with Crippen LogP contribution in [0.15, 0.2) is 50.6 Å². The van der Waals surface area contributed by atoms with Crippen LogP contribution in [0.1, 0.15) is 43.1 Å². The first-order valence-corrected chi connectivity index (χ1v) is 9.83. The first kappa shape index (κ1) is 17.7. The van der Waals surface area contributed by atoms with Crippen molar-refractivity contribution < 1.29 is 0 Å². The highest BCUT2D eigenvalue weighted by Crippen LogP contribution is 2.22. The molecular formula is C18H20Br2N4. The van der Waals surface area contributed by atoms with Gasteiger partial charge in [-0.25, -0.2) is 9.97 Å². The zero-order chi connectivity index (χ0) is 16.8. The van der Waals surface area contributed by atoms with Crippen molar-refractivity contribution in [3.8, 4) is 0 Å². The van der Waals surface area contributed by atoms with E-state index < -0.39 is 0 Å². The lowest BCUT2D eigenvalue weighted by Crippen LogP contribution is -2.13. The molecule has 126 valence electrons. The predicted octanol–water partition coefficient (Wildman–Crippen LogP) is 4.70. The summed E-state index contributed by atoms with van der Waals surface area (Å²) in [5.41, 5.74) is 3.32. The van der Waals surface area contributed by atoms with Crippen molar-refractivity contribution in [2.24, 2.45) is 4.99 Å². The molecule has 1 saturated heterocycles. The standard InChI is InChI=1S/C9H11BrN2.C9H9BrN2/c2*10-9-5-1-3-8(12-9)7-4-2-6-11-7/h1,3,5,7,11H,2,4,6H2;1,3,5H,2,4,6H2. The highest BCUT2D eigenvalue weighted by Gasteiger charge is 2.16. The molecule has 2 aliphatic rings. The van der Waals surface area contributed by atoms with E-state index in [9.17, 15) is 0 Å². The van der Waals surface area contributed by atoms with Crippen LogP contribution in [0.5, 0.6) is 0 Å². The van der Waals surface area contributed by atoms with Crippen LogP contribution in [0.4, 0.5) is 0 Å². The second-order valence-electron chi connectivity index (χ2n) is 5.81. The topological polar surface area (TPSA) is 50.2 Å². The Morgan fingerprint density at radius 2 is 1.75 bits per heavy atom. The van der Waals surface area contributed by atoms with E-state index in [0.717, 1.165) is 45.8 Å². The smallest absolute Gasteiger partial charge is 0.106 e. The van der Waals surface area contributed by atoms with Gasteiger partial charge in [0.15, 0.2) is 0 Å². The van der Waals surface area contributed by atoms with E-state index in [1.165, 1.54) is 19.3 Å². The van der Waals surface area contributed by atoms with Crippen LogP contribution in [0.3, 0.4) is 0 Å². The Morgan fingerprint density at radius 3 is 2.38 bits per heavy atom. The molecule has 4 rings (SSSR count). The van der Waals surface area contributed by atoms with Gasteiger partial charge in [0.05, 0.1) is 17.1 Å². The highest BCUT2D eigenvalue weighted by molar-refractivity contribution is 9.10. The van der Waals surface area contributed by atoms with Crippen LogP contribution in [-0.2, 0) is 0 Å². The number of aliphatic imine (C=N–C) groups is 1. The molecule has 4 heterocycles. The van der Waals surface area contributed by atoms with Gasteiger partial charge in [-0.1, -0.05) is 12.1 Å². The van der Waals surface area contributed by atoms with Crippen molar-refractivity contribution in [3.05, 3.63) is 57.0 Å². The maximum atomic E-state index is 4.41. The van der Waals surface area contributed by atoms with E-state index >= 15 is 0 Å². The van der Waals surface area contributed by atoms with E-state index in [1.807, 2.05) is 30.3 Å². The van der Waals surface area contributed by atoms with Crippen molar-refractivity contribution in [1.29, 1.82) is 0 Å². The van der Waals surface area contributed by atoms with Crippen molar-refractivity contribution in [3.63, 3.8) is 0 Å². The van der Waals surface area contributed by atoms with Crippen molar-refractivity contribution >= 4 is 37.6 Å². The van der Waals surface area contributed by atoms with Crippen molar-refractivity contribution in [2.75, 3.05) is 13.1 Å². The Balaban J connectivity index is 0.000000141.